The van der Waals surface area contributed by atoms with E-state index in [0.717, 1.165) is 25.1 Å². The Bertz CT molecular complexity index is 507. The number of aryl methyl sites for hydroxylation is 1. The molecule has 0 fully saturated rings. The summed E-state index contributed by atoms with van der Waals surface area (Å²) in [7, 11) is 1.70. The van der Waals surface area contributed by atoms with Crippen molar-refractivity contribution in [1.82, 2.24) is 14.9 Å². The average Bonchev–Trinajstić information content (AvgIpc) is 2.98. The highest BCUT2D eigenvalue weighted by atomic mass is 16.5. The van der Waals surface area contributed by atoms with Crippen molar-refractivity contribution in [2.24, 2.45) is 0 Å². The molecule has 0 spiro atoms. The summed E-state index contributed by atoms with van der Waals surface area (Å²) in [6.45, 7) is 5.41. The average molecular weight is 287 g/mol. The van der Waals surface area contributed by atoms with Crippen LogP contribution in [0.4, 0.5) is 0 Å². The monoisotopic (exact) mass is 287 g/mol. The van der Waals surface area contributed by atoms with E-state index in [2.05, 4.69) is 40.8 Å². The van der Waals surface area contributed by atoms with Crippen LogP contribution in [0.5, 0.6) is 5.75 Å². The Balaban J connectivity index is 1.72. The van der Waals surface area contributed by atoms with Gasteiger partial charge in [-0.3, -0.25) is 0 Å². The first-order valence-electron chi connectivity index (χ1n) is 7.52. The van der Waals surface area contributed by atoms with E-state index in [1.54, 1.807) is 7.11 Å². The fourth-order valence-electron chi connectivity index (χ4n) is 2.51. The number of nitrogens with one attached hydrogen (secondary N) is 1. The molecule has 2 atom stereocenters. The van der Waals surface area contributed by atoms with Gasteiger partial charge < -0.3 is 14.6 Å². The van der Waals surface area contributed by atoms with Crippen molar-refractivity contribution in [1.29, 1.82) is 0 Å². The maximum Gasteiger partial charge on any atom is 0.118 e. The van der Waals surface area contributed by atoms with Crippen molar-refractivity contribution in [3.63, 3.8) is 0 Å². The number of hydrogen-bond donors (Lipinski definition) is 1. The number of aromatic nitrogens is 2. The molecule has 114 valence electrons. The number of methoxy groups -OCH3 is 1. The number of hydrogen-bond acceptors (Lipinski definition) is 3. The third-order valence-corrected chi connectivity index (χ3v) is 3.64. The Hall–Kier alpha value is -1.81. The third kappa shape index (κ3) is 5.23. The second-order valence-electron chi connectivity index (χ2n) is 5.61. The van der Waals surface area contributed by atoms with Crippen LogP contribution >= 0.6 is 0 Å². The van der Waals surface area contributed by atoms with Gasteiger partial charge in [-0.05, 0) is 44.4 Å². The minimum atomic E-state index is 0.435. The molecular formula is C17H25N3O. The molecule has 4 nitrogen and oxygen atoms in total. The molecule has 4 heteroatoms. The predicted molar refractivity (Wildman–Crippen MR) is 85.6 cm³/mol. The van der Waals surface area contributed by atoms with Gasteiger partial charge in [0.15, 0.2) is 0 Å². The van der Waals surface area contributed by atoms with Gasteiger partial charge in [0.1, 0.15) is 5.75 Å². The van der Waals surface area contributed by atoms with E-state index in [-0.39, 0.29) is 0 Å². The molecule has 0 saturated heterocycles. The fraction of sp³-hybridized carbons (Fsp3) is 0.471. The number of ether oxygens (including phenoxy) is 1. The third-order valence-electron chi connectivity index (χ3n) is 3.64. The second-order valence-corrected chi connectivity index (χ2v) is 5.61. The van der Waals surface area contributed by atoms with Crippen LogP contribution in [0.15, 0.2) is 43.0 Å². The molecule has 0 aliphatic carbocycles. The summed E-state index contributed by atoms with van der Waals surface area (Å²) in [5.74, 6) is 0.916. The molecule has 2 aromatic rings. The molecule has 1 heterocycles. The van der Waals surface area contributed by atoms with Gasteiger partial charge >= 0.3 is 0 Å². The summed E-state index contributed by atoms with van der Waals surface area (Å²) in [6, 6.07) is 9.25. The zero-order valence-electron chi connectivity index (χ0n) is 13.1. The van der Waals surface area contributed by atoms with Gasteiger partial charge in [-0.1, -0.05) is 12.1 Å². The summed E-state index contributed by atoms with van der Waals surface area (Å²) >= 11 is 0. The second kappa shape index (κ2) is 7.84. The van der Waals surface area contributed by atoms with Crippen LogP contribution in [0.1, 0.15) is 25.8 Å². The molecule has 0 aliphatic rings. The van der Waals surface area contributed by atoms with E-state index in [1.165, 1.54) is 5.56 Å². The van der Waals surface area contributed by atoms with Crippen LogP contribution in [0, 0.1) is 0 Å². The van der Waals surface area contributed by atoms with E-state index in [9.17, 15) is 0 Å². The van der Waals surface area contributed by atoms with Gasteiger partial charge in [0, 0.05) is 31.0 Å². The largest absolute Gasteiger partial charge is 0.497 e. The first-order chi connectivity index (χ1) is 10.2. The fourth-order valence-corrected chi connectivity index (χ4v) is 2.51. The first-order valence-corrected chi connectivity index (χ1v) is 7.52. The van der Waals surface area contributed by atoms with Crippen molar-refractivity contribution < 1.29 is 4.74 Å². The molecule has 1 aromatic carbocycles. The topological polar surface area (TPSA) is 39.1 Å². The van der Waals surface area contributed by atoms with Gasteiger partial charge in [-0.2, -0.15) is 0 Å². The van der Waals surface area contributed by atoms with Gasteiger partial charge in [0.2, 0.25) is 0 Å². The van der Waals surface area contributed by atoms with Crippen LogP contribution in [-0.2, 0) is 13.0 Å². The van der Waals surface area contributed by atoms with Crippen LogP contribution in [0.25, 0.3) is 0 Å². The van der Waals surface area contributed by atoms with Gasteiger partial charge in [0.25, 0.3) is 0 Å². The Morgan fingerprint density at radius 2 is 1.95 bits per heavy atom. The SMILES string of the molecule is COc1ccc(CCC(C)NC(C)Cn2ccnc2)cc1. The Kier molecular flexibility index (Phi) is 5.81. The standard InChI is InChI=1S/C17H25N3O/c1-14(19-15(2)12-20-11-10-18-13-20)4-5-16-6-8-17(21-3)9-7-16/h6-11,13-15,19H,4-5,12H2,1-3H3. The van der Waals surface area contributed by atoms with Crippen molar-refractivity contribution in [3.05, 3.63) is 48.5 Å². The maximum absolute atomic E-state index is 5.18. The lowest BCUT2D eigenvalue weighted by Crippen LogP contribution is -2.37. The van der Waals surface area contributed by atoms with E-state index >= 15 is 0 Å². The molecule has 2 unspecified atom stereocenters. The molecular weight excluding hydrogens is 262 g/mol. The van der Waals surface area contributed by atoms with Crippen LogP contribution in [0.3, 0.4) is 0 Å². The van der Waals surface area contributed by atoms with E-state index < -0.39 is 0 Å². The lowest BCUT2D eigenvalue weighted by atomic mass is 10.1. The summed E-state index contributed by atoms with van der Waals surface area (Å²) < 4.78 is 7.28. The van der Waals surface area contributed by atoms with Crippen LogP contribution in [-0.4, -0.2) is 28.7 Å². The van der Waals surface area contributed by atoms with Crippen LogP contribution in [0.2, 0.25) is 0 Å². The van der Waals surface area contributed by atoms with Gasteiger partial charge in [-0.15, -0.1) is 0 Å². The lowest BCUT2D eigenvalue weighted by molar-refractivity contribution is 0.407. The molecule has 21 heavy (non-hydrogen) atoms. The minimum Gasteiger partial charge on any atom is -0.497 e. The number of rotatable bonds is 8. The number of benzene rings is 1. The van der Waals surface area contributed by atoms with E-state index in [1.807, 2.05) is 30.9 Å². The van der Waals surface area contributed by atoms with Crippen molar-refractivity contribution in [3.8, 4) is 5.75 Å². The van der Waals surface area contributed by atoms with E-state index in [0.29, 0.717) is 12.1 Å². The highest BCUT2D eigenvalue weighted by Gasteiger charge is 2.08. The highest BCUT2D eigenvalue weighted by Crippen LogP contribution is 2.13. The smallest absolute Gasteiger partial charge is 0.118 e. The van der Waals surface area contributed by atoms with Crippen molar-refractivity contribution in [2.45, 2.75) is 45.3 Å². The van der Waals surface area contributed by atoms with E-state index in [4.69, 9.17) is 4.74 Å². The lowest BCUT2D eigenvalue weighted by Gasteiger charge is -2.20. The molecule has 1 aromatic heterocycles. The van der Waals surface area contributed by atoms with Crippen LogP contribution < -0.4 is 10.1 Å². The molecule has 0 amide bonds. The molecule has 2 rings (SSSR count). The molecule has 0 saturated carbocycles. The summed E-state index contributed by atoms with van der Waals surface area (Å²) in [6.07, 6.45) is 7.89. The minimum absolute atomic E-state index is 0.435. The first kappa shape index (κ1) is 15.6. The Labute approximate surface area is 127 Å². The van der Waals surface area contributed by atoms with Gasteiger partial charge in [-0.25, -0.2) is 4.98 Å². The highest BCUT2D eigenvalue weighted by molar-refractivity contribution is 5.27. The van der Waals surface area contributed by atoms with Crippen molar-refractivity contribution in [2.75, 3.05) is 7.11 Å². The zero-order chi connectivity index (χ0) is 15.1. The Morgan fingerprint density at radius 3 is 2.57 bits per heavy atom. The zero-order valence-corrected chi connectivity index (χ0v) is 13.1. The normalized spacial score (nSPS) is 13.9. The quantitative estimate of drug-likeness (QED) is 0.811. The Morgan fingerprint density at radius 1 is 1.19 bits per heavy atom. The van der Waals surface area contributed by atoms with Gasteiger partial charge in [0.05, 0.1) is 13.4 Å². The summed E-state index contributed by atoms with van der Waals surface area (Å²) in [4.78, 5) is 4.07. The summed E-state index contributed by atoms with van der Waals surface area (Å²) in [5, 5.41) is 3.64. The number of nitrogens with zero attached hydrogens (tertiary/aromatic N) is 2. The molecule has 0 bridgehead atoms. The predicted octanol–water partition coefficient (Wildman–Crippen LogP) is 2.89. The summed E-state index contributed by atoms with van der Waals surface area (Å²) in [5.41, 5.74) is 1.35. The molecule has 1 N–H and O–H groups in total. The molecule has 0 aliphatic heterocycles. The number of imidazole rings is 1. The van der Waals surface area contributed by atoms with Crippen molar-refractivity contribution >= 4 is 0 Å². The molecule has 0 radical (unpaired) electrons. The maximum atomic E-state index is 5.18.